The zero-order valence-electron chi connectivity index (χ0n) is 11.1. The van der Waals surface area contributed by atoms with Gasteiger partial charge in [-0.25, -0.2) is 0 Å². The van der Waals surface area contributed by atoms with Gasteiger partial charge in [0, 0.05) is 6.54 Å². The van der Waals surface area contributed by atoms with E-state index >= 15 is 0 Å². The van der Waals surface area contributed by atoms with Gasteiger partial charge in [0.15, 0.2) is 0 Å². The molecule has 4 nitrogen and oxygen atoms in total. The third kappa shape index (κ3) is 4.13. The van der Waals surface area contributed by atoms with Crippen LogP contribution in [-0.4, -0.2) is 28.8 Å². The van der Waals surface area contributed by atoms with Crippen LogP contribution in [0.2, 0.25) is 0 Å². The highest BCUT2D eigenvalue weighted by Gasteiger charge is 2.15. The predicted molar refractivity (Wildman–Crippen MR) is 70.5 cm³/mol. The molecule has 0 aromatic heterocycles. The van der Waals surface area contributed by atoms with E-state index in [0.29, 0.717) is 6.54 Å². The Hall–Kier alpha value is -1.39. The second kappa shape index (κ2) is 5.98. The van der Waals surface area contributed by atoms with Crippen molar-refractivity contribution in [1.82, 2.24) is 5.32 Å². The number of hydrogen-bond acceptors (Lipinski definition) is 3. The molecule has 1 unspecified atom stereocenters. The molecule has 0 aliphatic carbocycles. The van der Waals surface area contributed by atoms with Crippen molar-refractivity contribution in [1.29, 1.82) is 0 Å². The molecule has 0 bridgehead atoms. The van der Waals surface area contributed by atoms with E-state index in [0.717, 1.165) is 5.56 Å². The molecule has 0 fully saturated rings. The van der Waals surface area contributed by atoms with Gasteiger partial charge in [-0.2, -0.15) is 0 Å². The Labute approximate surface area is 108 Å². The standard InChI is InChI=1S/C14H21NO3/c1-14(2,3)11-6-4-10(5-7-11)8-15-12(9-16)13(17)18/h4-7,12,15-16H,8-9H2,1-3H3,(H,17,18). The quantitative estimate of drug-likeness (QED) is 0.742. The van der Waals surface area contributed by atoms with E-state index in [1.807, 2.05) is 24.3 Å². The van der Waals surface area contributed by atoms with Gasteiger partial charge in [0.25, 0.3) is 0 Å². The molecule has 0 saturated heterocycles. The Morgan fingerprint density at radius 3 is 2.22 bits per heavy atom. The first-order valence-corrected chi connectivity index (χ1v) is 6.01. The number of rotatable bonds is 5. The Morgan fingerprint density at radius 1 is 1.28 bits per heavy atom. The number of aliphatic carboxylic acids is 1. The van der Waals surface area contributed by atoms with Gasteiger partial charge in [-0.05, 0) is 16.5 Å². The highest BCUT2D eigenvalue weighted by Crippen LogP contribution is 2.22. The summed E-state index contributed by atoms with van der Waals surface area (Å²) in [6, 6.07) is 7.14. The van der Waals surface area contributed by atoms with Crippen LogP contribution in [0.3, 0.4) is 0 Å². The predicted octanol–water partition coefficient (Wildman–Crippen LogP) is 1.52. The van der Waals surface area contributed by atoms with Crippen LogP contribution in [0.1, 0.15) is 31.9 Å². The van der Waals surface area contributed by atoms with E-state index in [4.69, 9.17) is 10.2 Å². The maximum Gasteiger partial charge on any atom is 0.323 e. The summed E-state index contributed by atoms with van der Waals surface area (Å²) in [4.78, 5) is 10.7. The van der Waals surface area contributed by atoms with Crippen LogP contribution in [0.4, 0.5) is 0 Å². The summed E-state index contributed by atoms with van der Waals surface area (Å²) in [5, 5.41) is 20.5. The second-order valence-electron chi connectivity index (χ2n) is 5.40. The highest BCUT2D eigenvalue weighted by molar-refractivity contribution is 5.73. The van der Waals surface area contributed by atoms with Crippen molar-refractivity contribution < 1.29 is 15.0 Å². The van der Waals surface area contributed by atoms with Crippen molar-refractivity contribution in [3.63, 3.8) is 0 Å². The van der Waals surface area contributed by atoms with Gasteiger partial charge in [0.1, 0.15) is 6.04 Å². The smallest absolute Gasteiger partial charge is 0.323 e. The number of aliphatic hydroxyl groups excluding tert-OH is 1. The molecule has 1 aromatic rings. The van der Waals surface area contributed by atoms with E-state index in [1.54, 1.807) is 0 Å². The molecule has 1 atom stereocenters. The molecule has 0 aliphatic rings. The lowest BCUT2D eigenvalue weighted by atomic mass is 9.87. The molecule has 100 valence electrons. The molecule has 4 heteroatoms. The fraction of sp³-hybridized carbons (Fsp3) is 0.500. The Morgan fingerprint density at radius 2 is 1.83 bits per heavy atom. The zero-order chi connectivity index (χ0) is 13.8. The lowest BCUT2D eigenvalue weighted by Crippen LogP contribution is -2.39. The van der Waals surface area contributed by atoms with Crippen LogP contribution in [0.25, 0.3) is 0 Å². The maximum absolute atomic E-state index is 10.7. The maximum atomic E-state index is 10.7. The van der Waals surface area contributed by atoms with Crippen molar-refractivity contribution >= 4 is 5.97 Å². The topological polar surface area (TPSA) is 69.6 Å². The number of carboxylic acids is 1. The van der Waals surface area contributed by atoms with Gasteiger partial charge < -0.3 is 10.2 Å². The Bertz CT molecular complexity index is 392. The van der Waals surface area contributed by atoms with Crippen molar-refractivity contribution in [2.24, 2.45) is 0 Å². The second-order valence-corrected chi connectivity index (χ2v) is 5.40. The molecule has 0 amide bonds. The van der Waals surface area contributed by atoms with E-state index in [-0.39, 0.29) is 5.41 Å². The summed E-state index contributed by atoms with van der Waals surface area (Å²) in [5.41, 5.74) is 2.35. The van der Waals surface area contributed by atoms with Gasteiger partial charge in [-0.15, -0.1) is 0 Å². The van der Waals surface area contributed by atoms with Gasteiger partial charge in [0.2, 0.25) is 0 Å². The van der Waals surface area contributed by atoms with E-state index in [9.17, 15) is 4.79 Å². The molecule has 0 heterocycles. The lowest BCUT2D eigenvalue weighted by Gasteiger charge is -2.19. The van der Waals surface area contributed by atoms with Gasteiger partial charge in [-0.1, -0.05) is 45.0 Å². The minimum Gasteiger partial charge on any atom is -0.480 e. The van der Waals surface area contributed by atoms with Crippen LogP contribution in [-0.2, 0) is 16.8 Å². The normalized spacial score (nSPS) is 13.3. The fourth-order valence-corrected chi connectivity index (χ4v) is 1.59. The molecule has 3 N–H and O–H groups in total. The minimum atomic E-state index is -1.04. The van der Waals surface area contributed by atoms with Gasteiger partial charge in [0.05, 0.1) is 6.61 Å². The van der Waals surface area contributed by atoms with Crippen LogP contribution >= 0.6 is 0 Å². The van der Waals surface area contributed by atoms with E-state index in [1.165, 1.54) is 5.56 Å². The molecule has 0 radical (unpaired) electrons. The van der Waals surface area contributed by atoms with Crippen molar-refractivity contribution in [3.8, 4) is 0 Å². The monoisotopic (exact) mass is 251 g/mol. The van der Waals surface area contributed by atoms with Crippen LogP contribution in [0.15, 0.2) is 24.3 Å². The average molecular weight is 251 g/mol. The fourth-order valence-electron chi connectivity index (χ4n) is 1.59. The first kappa shape index (κ1) is 14.7. The molecule has 18 heavy (non-hydrogen) atoms. The number of benzene rings is 1. The summed E-state index contributed by atoms with van der Waals surface area (Å²) < 4.78 is 0. The molecule has 1 rings (SSSR count). The highest BCUT2D eigenvalue weighted by atomic mass is 16.4. The van der Waals surface area contributed by atoms with Crippen molar-refractivity contribution in [3.05, 3.63) is 35.4 Å². The third-order valence-electron chi connectivity index (χ3n) is 2.85. The largest absolute Gasteiger partial charge is 0.480 e. The number of aliphatic hydroxyl groups is 1. The summed E-state index contributed by atoms with van der Waals surface area (Å²) in [5.74, 6) is -1.04. The summed E-state index contributed by atoms with van der Waals surface area (Å²) in [7, 11) is 0. The van der Waals surface area contributed by atoms with Crippen molar-refractivity contribution in [2.75, 3.05) is 6.61 Å². The number of carboxylic acid groups (broad SMARTS) is 1. The van der Waals surface area contributed by atoms with Crippen LogP contribution < -0.4 is 5.32 Å². The number of carbonyl (C=O) groups is 1. The summed E-state index contributed by atoms with van der Waals surface area (Å²) in [6.07, 6.45) is 0. The SMILES string of the molecule is CC(C)(C)c1ccc(CNC(CO)C(=O)O)cc1. The Kier molecular flexibility index (Phi) is 4.87. The minimum absolute atomic E-state index is 0.112. The summed E-state index contributed by atoms with van der Waals surface area (Å²) in [6.45, 7) is 6.46. The van der Waals surface area contributed by atoms with E-state index in [2.05, 4.69) is 26.1 Å². The number of hydrogen-bond donors (Lipinski definition) is 3. The van der Waals surface area contributed by atoms with Crippen molar-refractivity contribution in [2.45, 2.75) is 38.8 Å². The zero-order valence-corrected chi connectivity index (χ0v) is 11.1. The molecular weight excluding hydrogens is 230 g/mol. The molecule has 0 saturated carbocycles. The van der Waals surface area contributed by atoms with Crippen LogP contribution in [0.5, 0.6) is 0 Å². The van der Waals surface area contributed by atoms with Gasteiger partial charge in [-0.3, -0.25) is 10.1 Å². The summed E-state index contributed by atoms with van der Waals surface area (Å²) >= 11 is 0. The third-order valence-corrected chi connectivity index (χ3v) is 2.85. The van der Waals surface area contributed by atoms with Gasteiger partial charge >= 0.3 is 5.97 Å². The lowest BCUT2D eigenvalue weighted by molar-refractivity contribution is -0.140. The molecule has 1 aromatic carbocycles. The molecule has 0 spiro atoms. The molecule has 0 aliphatic heterocycles. The van der Waals surface area contributed by atoms with E-state index < -0.39 is 18.6 Å². The Balaban J connectivity index is 2.62. The number of nitrogens with one attached hydrogen (secondary N) is 1. The first-order chi connectivity index (χ1) is 8.34. The molecular formula is C14H21NO3. The first-order valence-electron chi connectivity index (χ1n) is 6.01. The average Bonchev–Trinajstić information content (AvgIpc) is 2.29. The van der Waals surface area contributed by atoms with Crippen LogP contribution in [0, 0.1) is 0 Å².